The maximum absolute atomic E-state index is 10.4. The van der Waals surface area contributed by atoms with E-state index < -0.39 is 5.60 Å². The Morgan fingerprint density at radius 3 is 2.33 bits per heavy atom. The van der Waals surface area contributed by atoms with Gasteiger partial charge in [0.05, 0.1) is 12.7 Å². The van der Waals surface area contributed by atoms with E-state index in [0.29, 0.717) is 12.8 Å². The largest absolute Gasteiger partial charge is 0.497 e. The molecule has 1 heterocycles. The minimum atomic E-state index is -0.713. The Labute approximate surface area is 112 Å². The van der Waals surface area contributed by atoms with Crippen molar-refractivity contribution in [1.82, 2.24) is 0 Å². The standard InChI is InChI=1S/C15H18O2S/c1-15(16,10-13-7-8-18-11-13)9-12-3-5-14(17-2)6-4-12/h3-8,11,16H,9-10H2,1-2H3. The van der Waals surface area contributed by atoms with E-state index >= 15 is 0 Å². The van der Waals surface area contributed by atoms with Gasteiger partial charge in [0.2, 0.25) is 0 Å². The molecule has 0 spiro atoms. The monoisotopic (exact) mass is 262 g/mol. The minimum absolute atomic E-state index is 0.646. The maximum Gasteiger partial charge on any atom is 0.118 e. The van der Waals surface area contributed by atoms with Crippen molar-refractivity contribution < 1.29 is 9.84 Å². The van der Waals surface area contributed by atoms with E-state index in [1.54, 1.807) is 18.4 Å². The molecule has 1 atom stereocenters. The summed E-state index contributed by atoms with van der Waals surface area (Å²) in [7, 11) is 1.65. The zero-order valence-electron chi connectivity index (χ0n) is 10.7. The van der Waals surface area contributed by atoms with E-state index in [-0.39, 0.29) is 0 Å². The van der Waals surface area contributed by atoms with Crippen LogP contribution in [0.25, 0.3) is 0 Å². The summed E-state index contributed by atoms with van der Waals surface area (Å²) < 4.78 is 5.12. The van der Waals surface area contributed by atoms with Crippen molar-refractivity contribution in [2.24, 2.45) is 0 Å². The molecule has 3 heteroatoms. The Hall–Kier alpha value is -1.32. The molecule has 0 bridgehead atoms. The fourth-order valence-corrected chi connectivity index (χ4v) is 2.75. The number of rotatable bonds is 5. The summed E-state index contributed by atoms with van der Waals surface area (Å²) in [4.78, 5) is 0. The van der Waals surface area contributed by atoms with E-state index in [0.717, 1.165) is 11.3 Å². The van der Waals surface area contributed by atoms with Gasteiger partial charge >= 0.3 is 0 Å². The fourth-order valence-electron chi connectivity index (χ4n) is 2.08. The van der Waals surface area contributed by atoms with Gasteiger partial charge in [-0.15, -0.1) is 0 Å². The Morgan fingerprint density at radius 1 is 1.11 bits per heavy atom. The number of ether oxygens (including phenoxy) is 1. The predicted octanol–water partition coefficient (Wildman–Crippen LogP) is 3.29. The molecule has 2 rings (SSSR count). The van der Waals surface area contributed by atoms with Crippen LogP contribution in [0.5, 0.6) is 5.75 Å². The highest BCUT2D eigenvalue weighted by atomic mass is 32.1. The van der Waals surface area contributed by atoms with Crippen LogP contribution >= 0.6 is 11.3 Å². The molecular formula is C15H18O2S. The highest BCUT2D eigenvalue weighted by Crippen LogP contribution is 2.21. The molecule has 1 N–H and O–H groups in total. The number of methoxy groups -OCH3 is 1. The highest BCUT2D eigenvalue weighted by Gasteiger charge is 2.21. The minimum Gasteiger partial charge on any atom is -0.497 e. The van der Waals surface area contributed by atoms with Gasteiger partial charge in [-0.25, -0.2) is 0 Å². The van der Waals surface area contributed by atoms with Crippen LogP contribution in [0.3, 0.4) is 0 Å². The third kappa shape index (κ3) is 3.59. The van der Waals surface area contributed by atoms with Gasteiger partial charge in [-0.1, -0.05) is 12.1 Å². The molecule has 0 aliphatic rings. The van der Waals surface area contributed by atoms with E-state index in [1.165, 1.54) is 5.56 Å². The number of hydrogen-bond acceptors (Lipinski definition) is 3. The first kappa shape index (κ1) is 13.1. The highest BCUT2D eigenvalue weighted by molar-refractivity contribution is 7.07. The number of thiophene rings is 1. The Morgan fingerprint density at radius 2 is 1.78 bits per heavy atom. The van der Waals surface area contributed by atoms with E-state index in [4.69, 9.17) is 4.74 Å². The van der Waals surface area contributed by atoms with Crippen LogP contribution in [0, 0.1) is 0 Å². The van der Waals surface area contributed by atoms with Gasteiger partial charge in [-0.05, 0) is 47.0 Å². The van der Waals surface area contributed by atoms with Gasteiger partial charge in [0.25, 0.3) is 0 Å². The van der Waals surface area contributed by atoms with Gasteiger partial charge < -0.3 is 9.84 Å². The van der Waals surface area contributed by atoms with Crippen molar-refractivity contribution in [2.45, 2.75) is 25.4 Å². The smallest absolute Gasteiger partial charge is 0.118 e. The summed E-state index contributed by atoms with van der Waals surface area (Å²) in [6, 6.07) is 9.92. The normalized spacial score (nSPS) is 14.2. The summed E-state index contributed by atoms with van der Waals surface area (Å²) in [5.74, 6) is 0.844. The average Bonchev–Trinajstić information content (AvgIpc) is 2.81. The van der Waals surface area contributed by atoms with E-state index in [1.807, 2.05) is 36.6 Å². The second-order valence-electron chi connectivity index (χ2n) is 4.83. The van der Waals surface area contributed by atoms with Gasteiger partial charge in [-0.3, -0.25) is 0 Å². The van der Waals surface area contributed by atoms with Crippen LogP contribution in [-0.2, 0) is 12.8 Å². The molecule has 0 amide bonds. The van der Waals surface area contributed by atoms with Crippen molar-refractivity contribution in [3.8, 4) is 5.75 Å². The van der Waals surface area contributed by atoms with Crippen molar-refractivity contribution >= 4 is 11.3 Å². The van der Waals surface area contributed by atoms with E-state index in [2.05, 4.69) is 11.4 Å². The first-order valence-electron chi connectivity index (χ1n) is 5.95. The van der Waals surface area contributed by atoms with Crippen molar-refractivity contribution in [3.05, 3.63) is 52.2 Å². The van der Waals surface area contributed by atoms with Crippen LogP contribution in [-0.4, -0.2) is 17.8 Å². The summed E-state index contributed by atoms with van der Waals surface area (Å²) >= 11 is 1.66. The fraction of sp³-hybridized carbons (Fsp3) is 0.333. The molecule has 0 fully saturated rings. The number of benzene rings is 1. The lowest BCUT2D eigenvalue weighted by atomic mass is 9.91. The Bertz CT molecular complexity index is 472. The molecule has 2 nitrogen and oxygen atoms in total. The number of aliphatic hydroxyl groups is 1. The molecule has 1 unspecified atom stereocenters. The van der Waals surface area contributed by atoms with Gasteiger partial charge in [-0.2, -0.15) is 11.3 Å². The van der Waals surface area contributed by atoms with Crippen LogP contribution in [0.15, 0.2) is 41.1 Å². The van der Waals surface area contributed by atoms with Crippen LogP contribution in [0.4, 0.5) is 0 Å². The van der Waals surface area contributed by atoms with Gasteiger partial charge in [0, 0.05) is 12.8 Å². The van der Waals surface area contributed by atoms with Gasteiger partial charge in [0.1, 0.15) is 5.75 Å². The molecule has 1 aromatic carbocycles. The van der Waals surface area contributed by atoms with Crippen molar-refractivity contribution in [1.29, 1.82) is 0 Å². The summed E-state index contributed by atoms with van der Waals surface area (Å²) in [6.07, 6.45) is 1.33. The molecule has 18 heavy (non-hydrogen) atoms. The first-order valence-corrected chi connectivity index (χ1v) is 6.90. The zero-order chi connectivity index (χ0) is 13.0. The summed E-state index contributed by atoms with van der Waals surface area (Å²) in [5.41, 5.74) is 1.60. The first-order chi connectivity index (χ1) is 8.59. The topological polar surface area (TPSA) is 29.5 Å². The lowest BCUT2D eigenvalue weighted by Gasteiger charge is -2.23. The summed E-state index contributed by atoms with van der Waals surface area (Å²) in [6.45, 7) is 1.88. The predicted molar refractivity (Wildman–Crippen MR) is 75.3 cm³/mol. The third-order valence-corrected chi connectivity index (χ3v) is 3.64. The van der Waals surface area contributed by atoms with Crippen LogP contribution in [0.2, 0.25) is 0 Å². The van der Waals surface area contributed by atoms with Crippen LogP contribution < -0.4 is 4.74 Å². The molecule has 0 aliphatic heterocycles. The second kappa shape index (κ2) is 5.55. The Balaban J connectivity index is 2.02. The maximum atomic E-state index is 10.4. The lowest BCUT2D eigenvalue weighted by Crippen LogP contribution is -2.29. The summed E-state index contributed by atoms with van der Waals surface area (Å²) in [5, 5.41) is 14.6. The van der Waals surface area contributed by atoms with Crippen LogP contribution in [0.1, 0.15) is 18.1 Å². The third-order valence-electron chi connectivity index (χ3n) is 2.91. The second-order valence-corrected chi connectivity index (χ2v) is 5.61. The van der Waals surface area contributed by atoms with Gasteiger partial charge in [0.15, 0.2) is 0 Å². The molecule has 1 aromatic heterocycles. The van der Waals surface area contributed by atoms with E-state index in [9.17, 15) is 5.11 Å². The van der Waals surface area contributed by atoms with Crippen molar-refractivity contribution in [2.75, 3.05) is 7.11 Å². The molecule has 0 radical (unpaired) electrons. The quantitative estimate of drug-likeness (QED) is 0.896. The molecule has 0 saturated heterocycles. The number of hydrogen-bond donors (Lipinski definition) is 1. The zero-order valence-corrected chi connectivity index (χ0v) is 11.5. The average molecular weight is 262 g/mol. The molecule has 2 aromatic rings. The SMILES string of the molecule is COc1ccc(CC(C)(O)Cc2ccsc2)cc1. The molecule has 0 aliphatic carbocycles. The van der Waals surface area contributed by atoms with Crippen molar-refractivity contribution in [3.63, 3.8) is 0 Å². The lowest BCUT2D eigenvalue weighted by molar-refractivity contribution is 0.0609. The Kier molecular flexibility index (Phi) is 4.04. The molecule has 0 saturated carbocycles. The molecule has 96 valence electrons. The molecular weight excluding hydrogens is 244 g/mol.